The summed E-state index contributed by atoms with van der Waals surface area (Å²) in [6.07, 6.45) is 1.50. The minimum Gasteiger partial charge on any atom is -0.422 e. The molecular formula is C23H22N2O3S. The van der Waals surface area contributed by atoms with Crippen LogP contribution in [0.5, 0.6) is 5.75 Å². The zero-order chi connectivity index (χ0) is 20.9. The number of benzene rings is 2. The van der Waals surface area contributed by atoms with E-state index < -0.39 is 5.97 Å². The minimum absolute atomic E-state index is 0.0329. The number of hydrogen-bond donors (Lipinski definition) is 1. The standard InChI is InChI=1S/C23H22N2O3S/c1-23(2,3)18-11-9-17(10-12-18)21(26)25-24-15-16-6-4-7-19(14-16)28-22(27)20-8-5-13-29-20/h4-15H,1-3H3,(H,25,26). The van der Waals surface area contributed by atoms with Gasteiger partial charge in [0.25, 0.3) is 5.91 Å². The third kappa shape index (κ3) is 5.62. The third-order valence-corrected chi connectivity index (χ3v) is 5.03. The monoisotopic (exact) mass is 406 g/mol. The molecule has 0 aliphatic carbocycles. The first-order chi connectivity index (χ1) is 13.8. The van der Waals surface area contributed by atoms with Crippen LogP contribution in [-0.4, -0.2) is 18.1 Å². The summed E-state index contributed by atoms with van der Waals surface area (Å²) < 4.78 is 5.36. The summed E-state index contributed by atoms with van der Waals surface area (Å²) in [4.78, 5) is 24.8. The highest BCUT2D eigenvalue weighted by Crippen LogP contribution is 2.22. The molecule has 1 heterocycles. The van der Waals surface area contributed by atoms with Crippen LogP contribution in [0.25, 0.3) is 0 Å². The van der Waals surface area contributed by atoms with Crippen LogP contribution in [0, 0.1) is 0 Å². The SMILES string of the molecule is CC(C)(C)c1ccc(C(=O)NN=Cc2cccc(OC(=O)c3cccs3)c2)cc1. The number of ether oxygens (including phenoxy) is 1. The van der Waals surface area contributed by atoms with E-state index in [0.717, 1.165) is 5.56 Å². The predicted molar refractivity (Wildman–Crippen MR) is 116 cm³/mol. The van der Waals surface area contributed by atoms with E-state index >= 15 is 0 Å². The molecular weight excluding hydrogens is 384 g/mol. The Kier molecular flexibility index (Phi) is 6.24. The first kappa shape index (κ1) is 20.5. The summed E-state index contributed by atoms with van der Waals surface area (Å²) in [6, 6.07) is 17.9. The number of nitrogens with zero attached hydrogens (tertiary/aromatic N) is 1. The maximum atomic E-state index is 12.2. The fourth-order valence-corrected chi connectivity index (χ4v) is 3.16. The van der Waals surface area contributed by atoms with E-state index in [-0.39, 0.29) is 11.3 Å². The van der Waals surface area contributed by atoms with E-state index in [1.807, 2.05) is 17.5 Å². The van der Waals surface area contributed by atoms with Gasteiger partial charge in [-0.15, -0.1) is 11.3 Å². The fraction of sp³-hybridized carbons (Fsp3) is 0.174. The summed E-state index contributed by atoms with van der Waals surface area (Å²) in [5.41, 5.74) is 4.94. The maximum absolute atomic E-state index is 12.2. The Morgan fingerprint density at radius 1 is 1.03 bits per heavy atom. The second kappa shape index (κ2) is 8.84. The molecule has 0 saturated carbocycles. The highest BCUT2D eigenvalue weighted by molar-refractivity contribution is 7.12. The van der Waals surface area contributed by atoms with Gasteiger partial charge in [-0.05, 0) is 52.3 Å². The van der Waals surface area contributed by atoms with Gasteiger partial charge in [0.15, 0.2) is 0 Å². The Morgan fingerprint density at radius 3 is 2.45 bits per heavy atom. The molecule has 0 radical (unpaired) electrons. The van der Waals surface area contributed by atoms with Crippen molar-refractivity contribution in [3.8, 4) is 5.75 Å². The lowest BCUT2D eigenvalue weighted by Crippen LogP contribution is -2.18. The number of rotatable bonds is 5. The summed E-state index contributed by atoms with van der Waals surface area (Å²) >= 11 is 1.32. The zero-order valence-electron chi connectivity index (χ0n) is 16.5. The molecule has 148 valence electrons. The number of carbonyl (C=O) groups is 2. The van der Waals surface area contributed by atoms with Crippen LogP contribution in [0.2, 0.25) is 0 Å². The largest absolute Gasteiger partial charge is 0.422 e. The number of amides is 1. The average Bonchev–Trinajstić information content (AvgIpc) is 3.23. The van der Waals surface area contributed by atoms with E-state index in [1.165, 1.54) is 17.6 Å². The van der Waals surface area contributed by atoms with Crippen LogP contribution in [0.15, 0.2) is 71.1 Å². The second-order valence-corrected chi connectivity index (χ2v) is 8.41. The number of thiophene rings is 1. The van der Waals surface area contributed by atoms with Crippen molar-refractivity contribution < 1.29 is 14.3 Å². The van der Waals surface area contributed by atoms with Crippen LogP contribution in [0.3, 0.4) is 0 Å². The first-order valence-electron chi connectivity index (χ1n) is 9.12. The average molecular weight is 407 g/mol. The Labute approximate surface area is 174 Å². The van der Waals surface area contributed by atoms with Gasteiger partial charge in [-0.3, -0.25) is 4.79 Å². The number of hydrazone groups is 1. The Morgan fingerprint density at radius 2 is 1.79 bits per heavy atom. The molecule has 0 saturated heterocycles. The van der Waals surface area contributed by atoms with Crippen LogP contribution in [0.1, 0.15) is 51.9 Å². The van der Waals surface area contributed by atoms with Crippen molar-refractivity contribution in [2.24, 2.45) is 5.10 Å². The fourth-order valence-electron chi connectivity index (χ4n) is 2.56. The zero-order valence-corrected chi connectivity index (χ0v) is 17.3. The first-order valence-corrected chi connectivity index (χ1v) is 10.0. The van der Waals surface area contributed by atoms with Crippen LogP contribution in [0.4, 0.5) is 0 Å². The molecule has 0 aliphatic heterocycles. The quantitative estimate of drug-likeness (QED) is 0.280. The van der Waals surface area contributed by atoms with Gasteiger partial charge in [0.1, 0.15) is 10.6 Å². The molecule has 5 nitrogen and oxygen atoms in total. The number of nitrogens with one attached hydrogen (secondary N) is 1. The van der Waals surface area contributed by atoms with E-state index in [1.54, 1.807) is 48.5 Å². The molecule has 1 aromatic heterocycles. The van der Waals surface area contributed by atoms with Gasteiger partial charge in [0.2, 0.25) is 0 Å². The third-order valence-electron chi connectivity index (χ3n) is 4.18. The molecule has 3 aromatic rings. The van der Waals surface area contributed by atoms with Crippen molar-refractivity contribution in [2.45, 2.75) is 26.2 Å². The molecule has 6 heteroatoms. The lowest BCUT2D eigenvalue weighted by Gasteiger charge is -2.18. The topological polar surface area (TPSA) is 67.8 Å². The van der Waals surface area contributed by atoms with Gasteiger partial charge in [-0.1, -0.05) is 51.1 Å². The molecule has 1 N–H and O–H groups in total. The molecule has 3 rings (SSSR count). The summed E-state index contributed by atoms with van der Waals surface area (Å²) in [5.74, 6) is -0.278. The molecule has 0 fully saturated rings. The van der Waals surface area contributed by atoms with Crippen LogP contribution in [-0.2, 0) is 5.41 Å². The molecule has 0 atom stereocenters. The Bertz CT molecular complexity index is 1020. The summed E-state index contributed by atoms with van der Waals surface area (Å²) in [6.45, 7) is 6.37. The van der Waals surface area contributed by atoms with Crippen LogP contribution < -0.4 is 10.2 Å². The minimum atomic E-state index is -0.402. The summed E-state index contributed by atoms with van der Waals surface area (Å²) in [5, 5.41) is 5.81. The van der Waals surface area contributed by atoms with Crippen molar-refractivity contribution in [2.75, 3.05) is 0 Å². The maximum Gasteiger partial charge on any atom is 0.353 e. The Hall–Kier alpha value is -3.25. The van der Waals surface area contributed by atoms with Gasteiger partial charge in [-0.25, -0.2) is 10.2 Å². The van der Waals surface area contributed by atoms with Crippen molar-refractivity contribution >= 4 is 29.4 Å². The second-order valence-electron chi connectivity index (χ2n) is 7.47. The summed E-state index contributed by atoms with van der Waals surface area (Å²) in [7, 11) is 0. The van der Waals surface area contributed by atoms with Crippen LogP contribution >= 0.6 is 11.3 Å². The highest BCUT2D eigenvalue weighted by Gasteiger charge is 2.14. The van der Waals surface area contributed by atoms with Crippen molar-refractivity contribution in [1.29, 1.82) is 0 Å². The number of esters is 1. The number of carbonyl (C=O) groups excluding carboxylic acids is 2. The lowest BCUT2D eigenvalue weighted by molar-refractivity contribution is 0.0739. The predicted octanol–water partition coefficient (Wildman–Crippen LogP) is 5.03. The lowest BCUT2D eigenvalue weighted by atomic mass is 9.87. The van der Waals surface area contributed by atoms with Gasteiger partial charge in [0, 0.05) is 5.56 Å². The number of hydrogen-bond acceptors (Lipinski definition) is 5. The van der Waals surface area contributed by atoms with E-state index in [2.05, 4.69) is 31.3 Å². The van der Waals surface area contributed by atoms with Crippen molar-refractivity contribution in [3.63, 3.8) is 0 Å². The highest BCUT2D eigenvalue weighted by atomic mass is 32.1. The molecule has 0 unspecified atom stereocenters. The van der Waals surface area contributed by atoms with E-state index in [9.17, 15) is 9.59 Å². The van der Waals surface area contributed by atoms with E-state index in [4.69, 9.17) is 4.74 Å². The van der Waals surface area contributed by atoms with Gasteiger partial charge < -0.3 is 4.74 Å². The Balaban J connectivity index is 1.60. The normalized spacial score (nSPS) is 11.4. The molecule has 0 bridgehead atoms. The van der Waals surface area contributed by atoms with Gasteiger partial charge >= 0.3 is 5.97 Å². The van der Waals surface area contributed by atoms with E-state index in [0.29, 0.717) is 21.8 Å². The van der Waals surface area contributed by atoms with Gasteiger partial charge in [-0.2, -0.15) is 5.10 Å². The van der Waals surface area contributed by atoms with Gasteiger partial charge in [0.05, 0.1) is 6.21 Å². The molecule has 2 aromatic carbocycles. The molecule has 29 heavy (non-hydrogen) atoms. The molecule has 0 aliphatic rings. The smallest absolute Gasteiger partial charge is 0.353 e. The molecule has 1 amide bonds. The van der Waals surface area contributed by atoms with Crippen molar-refractivity contribution in [3.05, 3.63) is 87.6 Å². The van der Waals surface area contributed by atoms with Crippen molar-refractivity contribution in [1.82, 2.24) is 5.43 Å². The molecule has 0 spiro atoms.